The van der Waals surface area contributed by atoms with Gasteiger partial charge in [0.15, 0.2) is 5.78 Å². The number of carboxylic acid groups (broad SMARTS) is 1. The number of oxime groups is 1. The van der Waals surface area contributed by atoms with Gasteiger partial charge in [-0.1, -0.05) is 5.16 Å². The number of hydrogen-bond donors (Lipinski definition) is 1. The Balaban J connectivity index is 2.45. The van der Waals surface area contributed by atoms with E-state index in [-0.39, 0.29) is 12.3 Å². The Morgan fingerprint density at radius 2 is 1.87 bits per heavy atom. The van der Waals surface area contributed by atoms with Gasteiger partial charge in [-0.3, -0.25) is 14.9 Å². The van der Waals surface area contributed by atoms with Crippen molar-refractivity contribution in [1.29, 1.82) is 0 Å². The first-order chi connectivity index (χ1) is 10.8. The van der Waals surface area contributed by atoms with Crippen LogP contribution in [0.3, 0.4) is 0 Å². The van der Waals surface area contributed by atoms with Crippen LogP contribution >= 0.6 is 0 Å². The molecule has 0 bridgehead atoms. The molecule has 0 unspecified atom stereocenters. The zero-order valence-corrected chi connectivity index (χ0v) is 11.9. The first-order valence-electron chi connectivity index (χ1n) is 6.14. The summed E-state index contributed by atoms with van der Waals surface area (Å²) in [6.45, 7) is 0.155. The lowest BCUT2D eigenvalue weighted by Gasteiger charge is -2.04. The van der Waals surface area contributed by atoms with Crippen LogP contribution in [0.5, 0.6) is 0 Å². The lowest BCUT2D eigenvalue weighted by atomic mass is 10.2. The highest BCUT2D eigenvalue weighted by Gasteiger charge is 2.16. The smallest absolute Gasteiger partial charge is 0.361 e. The molecule has 23 heavy (non-hydrogen) atoms. The summed E-state index contributed by atoms with van der Waals surface area (Å²) in [7, 11) is 0. The Morgan fingerprint density at radius 1 is 1.26 bits per heavy atom. The van der Waals surface area contributed by atoms with Gasteiger partial charge in [0, 0.05) is 19.1 Å². The number of benzene rings is 1. The van der Waals surface area contributed by atoms with E-state index in [1.54, 1.807) is 0 Å². The summed E-state index contributed by atoms with van der Waals surface area (Å²) in [6.07, 6.45) is 0. The van der Waals surface area contributed by atoms with Crippen molar-refractivity contribution in [1.82, 2.24) is 0 Å². The Labute approximate surface area is 129 Å². The number of rotatable bonds is 8. The normalized spacial score (nSPS) is 10.7. The minimum atomic E-state index is -1.57. The van der Waals surface area contributed by atoms with Crippen LogP contribution in [-0.4, -0.2) is 40.1 Å². The largest absolute Gasteiger partial charge is 0.476 e. The maximum atomic E-state index is 11.4. The lowest BCUT2D eigenvalue weighted by Crippen LogP contribution is -2.22. The molecule has 0 heterocycles. The van der Waals surface area contributed by atoms with Gasteiger partial charge in [-0.05, 0) is 17.7 Å². The van der Waals surface area contributed by atoms with Gasteiger partial charge in [-0.2, -0.15) is 0 Å². The molecular formula is C13H12N2O8. The molecule has 1 N–H and O–H groups in total. The first-order valence-corrected chi connectivity index (χ1v) is 6.14. The molecule has 0 aliphatic rings. The van der Waals surface area contributed by atoms with Crippen molar-refractivity contribution in [3.8, 4) is 0 Å². The van der Waals surface area contributed by atoms with Crippen LogP contribution < -0.4 is 0 Å². The van der Waals surface area contributed by atoms with Crippen LogP contribution in [0.4, 0.5) is 5.69 Å². The van der Waals surface area contributed by atoms with Crippen LogP contribution in [0.25, 0.3) is 0 Å². The van der Waals surface area contributed by atoms with Crippen LogP contribution in [-0.2, 0) is 30.6 Å². The van der Waals surface area contributed by atoms with E-state index in [0.29, 0.717) is 5.56 Å². The van der Waals surface area contributed by atoms with E-state index in [9.17, 15) is 24.5 Å². The summed E-state index contributed by atoms with van der Waals surface area (Å²) in [6, 6.07) is 5.36. The second-order valence-corrected chi connectivity index (χ2v) is 4.16. The van der Waals surface area contributed by atoms with E-state index < -0.39 is 35.0 Å². The van der Waals surface area contributed by atoms with Gasteiger partial charge < -0.3 is 14.7 Å². The zero-order valence-electron chi connectivity index (χ0n) is 11.9. The molecule has 10 heteroatoms. The molecule has 0 aliphatic heterocycles. The van der Waals surface area contributed by atoms with Crippen molar-refractivity contribution >= 4 is 29.1 Å². The Bertz CT molecular complexity index is 634. The maximum Gasteiger partial charge on any atom is 0.361 e. The number of ketones is 1. The van der Waals surface area contributed by atoms with E-state index in [0.717, 1.165) is 6.92 Å². The van der Waals surface area contributed by atoms with Crippen molar-refractivity contribution < 1.29 is 34.0 Å². The average Bonchev–Trinajstić information content (AvgIpc) is 2.49. The van der Waals surface area contributed by atoms with Crippen LogP contribution in [0.1, 0.15) is 12.5 Å². The summed E-state index contributed by atoms with van der Waals surface area (Å²) in [5.41, 5.74) is -0.418. The zero-order chi connectivity index (χ0) is 17.4. The summed E-state index contributed by atoms with van der Waals surface area (Å²) < 4.78 is 4.80. The molecule has 0 aromatic heterocycles. The number of non-ortho nitro benzene ring substituents is 1. The molecule has 10 nitrogen and oxygen atoms in total. The van der Waals surface area contributed by atoms with Gasteiger partial charge in [-0.15, -0.1) is 0 Å². The fourth-order valence-electron chi connectivity index (χ4n) is 1.32. The number of carboxylic acids is 1. The second kappa shape index (κ2) is 8.22. The first kappa shape index (κ1) is 17.8. The average molecular weight is 324 g/mol. The predicted octanol–water partition coefficient (Wildman–Crippen LogP) is 0.684. The summed E-state index contributed by atoms with van der Waals surface area (Å²) in [4.78, 5) is 47.2. The molecule has 0 spiro atoms. The van der Waals surface area contributed by atoms with E-state index in [2.05, 4.69) is 9.99 Å². The topological polar surface area (TPSA) is 145 Å². The third kappa shape index (κ3) is 5.91. The van der Waals surface area contributed by atoms with Crippen molar-refractivity contribution in [2.24, 2.45) is 5.16 Å². The minimum Gasteiger partial charge on any atom is -0.476 e. The van der Waals surface area contributed by atoms with Gasteiger partial charge in [0.05, 0.1) is 4.92 Å². The number of carbonyl (C=O) groups excluding carboxylic acids is 2. The Morgan fingerprint density at radius 3 is 2.35 bits per heavy atom. The standard InChI is InChI=1S/C13H12N2O8/c1-8(16)12(13(18)19)14-23-7-11(17)22-6-9-2-4-10(5-3-9)15(20)21/h2-5H,6-7H2,1H3,(H,18,19)/b14-12-. The van der Waals surface area contributed by atoms with Crippen molar-refractivity contribution in [2.75, 3.05) is 6.61 Å². The molecule has 1 aromatic rings. The maximum absolute atomic E-state index is 11.4. The lowest BCUT2D eigenvalue weighted by molar-refractivity contribution is -0.384. The van der Waals surface area contributed by atoms with Gasteiger partial charge in [-0.25, -0.2) is 9.59 Å². The van der Waals surface area contributed by atoms with Crippen molar-refractivity contribution in [3.05, 3.63) is 39.9 Å². The number of hydrogen-bond acceptors (Lipinski definition) is 8. The monoisotopic (exact) mass is 324 g/mol. The molecule has 122 valence electrons. The molecule has 0 saturated carbocycles. The molecular weight excluding hydrogens is 312 g/mol. The fourth-order valence-corrected chi connectivity index (χ4v) is 1.32. The van der Waals surface area contributed by atoms with E-state index in [4.69, 9.17) is 9.84 Å². The van der Waals surface area contributed by atoms with Gasteiger partial charge in [0.2, 0.25) is 12.3 Å². The Kier molecular flexibility index (Phi) is 6.34. The molecule has 0 saturated heterocycles. The molecule has 0 amide bonds. The summed E-state index contributed by atoms with van der Waals surface area (Å²) in [5.74, 6) is -3.24. The van der Waals surface area contributed by atoms with E-state index >= 15 is 0 Å². The fraction of sp³-hybridized carbons (Fsp3) is 0.231. The van der Waals surface area contributed by atoms with Gasteiger partial charge >= 0.3 is 11.9 Å². The third-order valence-electron chi connectivity index (χ3n) is 2.42. The number of nitrogens with zero attached hydrogens (tertiary/aromatic N) is 2. The predicted molar refractivity (Wildman–Crippen MR) is 74.6 cm³/mol. The molecule has 0 atom stereocenters. The molecule has 1 aromatic carbocycles. The van der Waals surface area contributed by atoms with Crippen molar-refractivity contribution in [3.63, 3.8) is 0 Å². The van der Waals surface area contributed by atoms with E-state index in [1.165, 1.54) is 24.3 Å². The number of nitro groups is 1. The molecule has 1 rings (SSSR count). The van der Waals surface area contributed by atoms with Crippen LogP contribution in [0.2, 0.25) is 0 Å². The highest BCUT2D eigenvalue weighted by molar-refractivity contribution is 6.63. The highest BCUT2D eigenvalue weighted by Crippen LogP contribution is 2.12. The highest BCUT2D eigenvalue weighted by atomic mass is 16.7. The molecule has 0 radical (unpaired) electrons. The quantitative estimate of drug-likeness (QED) is 0.241. The van der Waals surface area contributed by atoms with Gasteiger partial charge in [0.25, 0.3) is 5.69 Å². The minimum absolute atomic E-state index is 0.0943. The molecule has 0 aliphatic carbocycles. The SMILES string of the molecule is CC(=O)/C(=N/OCC(=O)OCc1ccc([N+](=O)[O-])cc1)C(=O)O. The van der Waals surface area contributed by atoms with Crippen LogP contribution in [0.15, 0.2) is 29.4 Å². The second-order valence-electron chi connectivity index (χ2n) is 4.16. The number of ether oxygens (including phenoxy) is 1. The number of Topliss-reactive ketones (excluding diaryl/α,β-unsaturated/α-hetero) is 1. The van der Waals surface area contributed by atoms with Crippen molar-refractivity contribution in [2.45, 2.75) is 13.5 Å². The number of carbonyl (C=O) groups is 3. The number of esters is 1. The summed E-state index contributed by atoms with van der Waals surface area (Å²) >= 11 is 0. The number of aliphatic carboxylic acids is 1. The molecule has 0 fully saturated rings. The number of nitro benzene ring substituents is 1. The summed E-state index contributed by atoms with van der Waals surface area (Å²) in [5, 5.41) is 22.1. The van der Waals surface area contributed by atoms with Crippen LogP contribution in [0, 0.1) is 10.1 Å². The Hall–Kier alpha value is -3.30. The van der Waals surface area contributed by atoms with E-state index in [1.807, 2.05) is 0 Å². The van der Waals surface area contributed by atoms with Gasteiger partial charge in [0.1, 0.15) is 6.61 Å². The third-order valence-corrected chi connectivity index (χ3v) is 2.42.